The molecule has 0 radical (unpaired) electrons. The molecule has 6 heteroatoms. The van der Waals surface area contributed by atoms with Crippen LogP contribution in [0.25, 0.3) is 0 Å². The minimum Gasteiger partial charge on any atom is -0.289 e. The van der Waals surface area contributed by atoms with E-state index >= 15 is 0 Å². The number of halogens is 5. The maximum atomic E-state index is 13.1. The molecular weight excluding hydrogens is 270 g/mol. The van der Waals surface area contributed by atoms with Crippen LogP contribution in [-0.2, 0) is 6.54 Å². The van der Waals surface area contributed by atoms with Gasteiger partial charge >= 0.3 is 6.18 Å². The number of nitrogens with zero attached hydrogens (tertiary/aromatic N) is 1. The standard InChI is InChI=1S/C12H14ClF4N/c1-9-2-3-11(14)6-10(9)7-18(5-4-13)8-12(15,16)17/h2-3,6H,4-5,7-8H2,1H3. The topological polar surface area (TPSA) is 3.24 Å². The lowest BCUT2D eigenvalue weighted by atomic mass is 10.1. The van der Waals surface area contributed by atoms with Gasteiger partial charge in [-0.2, -0.15) is 13.2 Å². The maximum absolute atomic E-state index is 13.1. The molecule has 0 N–H and O–H groups in total. The molecule has 0 aliphatic heterocycles. The highest BCUT2D eigenvalue weighted by molar-refractivity contribution is 6.18. The molecule has 0 saturated carbocycles. The molecule has 0 aliphatic rings. The fraction of sp³-hybridized carbons (Fsp3) is 0.500. The van der Waals surface area contributed by atoms with Gasteiger partial charge in [-0.25, -0.2) is 4.39 Å². The predicted molar refractivity (Wildman–Crippen MR) is 63.2 cm³/mol. The highest BCUT2D eigenvalue weighted by atomic mass is 35.5. The summed E-state index contributed by atoms with van der Waals surface area (Å²) in [6, 6.07) is 4.10. The minimum absolute atomic E-state index is 0.0375. The van der Waals surface area contributed by atoms with Crippen molar-refractivity contribution in [3.8, 4) is 0 Å². The van der Waals surface area contributed by atoms with Gasteiger partial charge < -0.3 is 0 Å². The number of aryl methyl sites for hydroxylation is 1. The summed E-state index contributed by atoms with van der Waals surface area (Å²) >= 11 is 5.48. The lowest BCUT2D eigenvalue weighted by Gasteiger charge is -2.23. The second kappa shape index (κ2) is 6.38. The number of benzene rings is 1. The summed E-state index contributed by atoms with van der Waals surface area (Å²) in [5.41, 5.74) is 1.31. The Kier molecular flexibility index (Phi) is 5.41. The zero-order valence-electron chi connectivity index (χ0n) is 9.90. The zero-order chi connectivity index (χ0) is 13.8. The van der Waals surface area contributed by atoms with Crippen LogP contribution in [0.5, 0.6) is 0 Å². The molecule has 18 heavy (non-hydrogen) atoms. The van der Waals surface area contributed by atoms with Crippen LogP contribution >= 0.6 is 11.6 Å². The van der Waals surface area contributed by atoms with Crippen LogP contribution < -0.4 is 0 Å². The maximum Gasteiger partial charge on any atom is 0.401 e. The molecule has 102 valence electrons. The Labute approximate surface area is 108 Å². The number of alkyl halides is 4. The Morgan fingerprint density at radius 1 is 1.28 bits per heavy atom. The fourth-order valence-corrected chi connectivity index (χ4v) is 1.88. The molecule has 0 aliphatic carbocycles. The zero-order valence-corrected chi connectivity index (χ0v) is 10.7. The van der Waals surface area contributed by atoms with Gasteiger partial charge in [0.05, 0.1) is 6.54 Å². The van der Waals surface area contributed by atoms with Crippen LogP contribution in [0, 0.1) is 12.7 Å². The van der Waals surface area contributed by atoms with Gasteiger partial charge in [0.2, 0.25) is 0 Å². The molecule has 0 bridgehead atoms. The Balaban J connectivity index is 2.79. The first-order chi connectivity index (χ1) is 8.31. The van der Waals surface area contributed by atoms with Crippen molar-refractivity contribution in [2.75, 3.05) is 19.0 Å². The van der Waals surface area contributed by atoms with Gasteiger partial charge in [0.25, 0.3) is 0 Å². The monoisotopic (exact) mass is 283 g/mol. The fourth-order valence-electron chi connectivity index (χ4n) is 1.64. The molecule has 0 aromatic heterocycles. The third kappa shape index (κ3) is 5.23. The summed E-state index contributed by atoms with van der Waals surface area (Å²) < 4.78 is 50.1. The highest BCUT2D eigenvalue weighted by Crippen LogP contribution is 2.19. The number of hydrogen-bond donors (Lipinski definition) is 0. The van der Waals surface area contributed by atoms with Crippen LogP contribution in [0.15, 0.2) is 18.2 Å². The lowest BCUT2D eigenvalue weighted by molar-refractivity contribution is -0.146. The van der Waals surface area contributed by atoms with E-state index in [2.05, 4.69) is 0 Å². The Hall–Kier alpha value is -0.810. The van der Waals surface area contributed by atoms with E-state index in [0.29, 0.717) is 5.56 Å². The summed E-state index contributed by atoms with van der Waals surface area (Å²) in [4.78, 5) is 1.16. The van der Waals surface area contributed by atoms with E-state index in [-0.39, 0.29) is 19.0 Å². The molecule has 0 heterocycles. The second-order valence-electron chi connectivity index (χ2n) is 4.09. The molecule has 1 aromatic rings. The summed E-state index contributed by atoms with van der Waals surface area (Å²) in [5, 5.41) is 0. The molecule has 0 fully saturated rings. The average Bonchev–Trinajstić information content (AvgIpc) is 2.21. The van der Waals surface area contributed by atoms with Gasteiger partial charge in [-0.3, -0.25) is 4.90 Å². The lowest BCUT2D eigenvalue weighted by Crippen LogP contribution is -2.35. The van der Waals surface area contributed by atoms with Gasteiger partial charge in [-0.15, -0.1) is 11.6 Å². The average molecular weight is 284 g/mol. The van der Waals surface area contributed by atoms with E-state index in [0.717, 1.165) is 10.5 Å². The van der Waals surface area contributed by atoms with Crippen molar-refractivity contribution < 1.29 is 17.6 Å². The summed E-state index contributed by atoms with van der Waals surface area (Å²) in [5.74, 6) is -0.349. The molecule has 1 aromatic carbocycles. The van der Waals surface area contributed by atoms with Gasteiger partial charge in [0.15, 0.2) is 0 Å². The van der Waals surface area contributed by atoms with Crippen LogP contribution in [-0.4, -0.2) is 30.0 Å². The van der Waals surface area contributed by atoms with E-state index in [1.807, 2.05) is 0 Å². The van der Waals surface area contributed by atoms with Gasteiger partial charge in [0, 0.05) is 19.0 Å². The van der Waals surface area contributed by atoms with Crippen molar-refractivity contribution in [2.24, 2.45) is 0 Å². The Bertz CT molecular complexity index is 392. The van der Waals surface area contributed by atoms with E-state index < -0.39 is 18.5 Å². The van der Waals surface area contributed by atoms with E-state index in [4.69, 9.17) is 11.6 Å². The van der Waals surface area contributed by atoms with Crippen LogP contribution in [0.4, 0.5) is 17.6 Å². The third-order valence-corrected chi connectivity index (χ3v) is 2.68. The van der Waals surface area contributed by atoms with Crippen molar-refractivity contribution in [2.45, 2.75) is 19.6 Å². The normalized spacial score (nSPS) is 12.2. The Morgan fingerprint density at radius 3 is 2.50 bits per heavy atom. The molecule has 0 amide bonds. The molecule has 1 nitrogen and oxygen atoms in total. The minimum atomic E-state index is -4.28. The second-order valence-corrected chi connectivity index (χ2v) is 4.46. The predicted octanol–water partition coefficient (Wildman–Crippen LogP) is 3.74. The van der Waals surface area contributed by atoms with E-state index in [1.165, 1.54) is 12.1 Å². The molecule has 0 spiro atoms. The van der Waals surface area contributed by atoms with Crippen LogP contribution in [0.1, 0.15) is 11.1 Å². The third-order valence-electron chi connectivity index (χ3n) is 2.51. The number of rotatable bonds is 5. The van der Waals surface area contributed by atoms with Crippen LogP contribution in [0.2, 0.25) is 0 Å². The first kappa shape index (κ1) is 15.2. The van der Waals surface area contributed by atoms with E-state index in [1.54, 1.807) is 13.0 Å². The van der Waals surface area contributed by atoms with Crippen molar-refractivity contribution in [1.29, 1.82) is 0 Å². The highest BCUT2D eigenvalue weighted by Gasteiger charge is 2.30. The van der Waals surface area contributed by atoms with Crippen molar-refractivity contribution in [3.05, 3.63) is 35.1 Å². The molecule has 0 unspecified atom stereocenters. The smallest absolute Gasteiger partial charge is 0.289 e. The summed E-state index contributed by atoms with van der Waals surface area (Å²) in [6.07, 6.45) is -4.28. The summed E-state index contributed by atoms with van der Waals surface area (Å²) in [6.45, 7) is 0.837. The molecule has 0 atom stereocenters. The number of hydrogen-bond acceptors (Lipinski definition) is 1. The molecule has 0 saturated heterocycles. The first-order valence-corrected chi connectivity index (χ1v) is 5.95. The quantitative estimate of drug-likeness (QED) is 0.588. The molecule has 1 rings (SSSR count). The van der Waals surface area contributed by atoms with Gasteiger partial charge in [0.1, 0.15) is 5.82 Å². The van der Waals surface area contributed by atoms with Crippen molar-refractivity contribution in [1.82, 2.24) is 4.90 Å². The first-order valence-electron chi connectivity index (χ1n) is 5.42. The van der Waals surface area contributed by atoms with Gasteiger partial charge in [-0.1, -0.05) is 6.07 Å². The van der Waals surface area contributed by atoms with Crippen LogP contribution in [0.3, 0.4) is 0 Å². The van der Waals surface area contributed by atoms with Crippen molar-refractivity contribution >= 4 is 11.6 Å². The molecular formula is C12H14ClF4N. The van der Waals surface area contributed by atoms with E-state index in [9.17, 15) is 17.6 Å². The summed E-state index contributed by atoms with van der Waals surface area (Å²) in [7, 11) is 0. The van der Waals surface area contributed by atoms with Crippen molar-refractivity contribution in [3.63, 3.8) is 0 Å². The Morgan fingerprint density at radius 2 is 1.94 bits per heavy atom. The SMILES string of the molecule is Cc1ccc(F)cc1CN(CCCl)CC(F)(F)F. The van der Waals surface area contributed by atoms with Gasteiger partial charge in [-0.05, 0) is 30.2 Å². The largest absolute Gasteiger partial charge is 0.401 e.